The third kappa shape index (κ3) is 4.48. The normalized spacial score (nSPS) is 13.4. The van der Waals surface area contributed by atoms with Crippen molar-refractivity contribution < 1.29 is 4.42 Å². The molecular formula is C44H30N6O. The molecule has 0 unspecified atom stereocenters. The number of rotatable bonds is 4. The summed E-state index contributed by atoms with van der Waals surface area (Å²) in [6, 6.07) is 43.1. The summed E-state index contributed by atoms with van der Waals surface area (Å²) >= 11 is 0. The number of pyridine rings is 2. The first kappa shape index (κ1) is 29.2. The van der Waals surface area contributed by atoms with Crippen LogP contribution in [0.2, 0.25) is 0 Å². The van der Waals surface area contributed by atoms with E-state index in [9.17, 15) is 0 Å². The molecule has 1 aliphatic heterocycles. The molecule has 10 rings (SSSR count). The Labute approximate surface area is 294 Å². The van der Waals surface area contributed by atoms with Crippen LogP contribution in [-0.4, -0.2) is 24.9 Å². The van der Waals surface area contributed by atoms with Gasteiger partial charge in [-0.25, -0.2) is 4.98 Å². The summed E-state index contributed by atoms with van der Waals surface area (Å²) in [6.45, 7) is 4.57. The number of hydrogen-bond donors (Lipinski definition) is 0. The fourth-order valence-corrected chi connectivity index (χ4v) is 7.67. The van der Waals surface area contributed by atoms with Gasteiger partial charge in [-0.1, -0.05) is 111 Å². The van der Waals surface area contributed by atoms with Gasteiger partial charge in [0.1, 0.15) is 5.58 Å². The van der Waals surface area contributed by atoms with Gasteiger partial charge in [-0.3, -0.25) is 14.9 Å². The van der Waals surface area contributed by atoms with Crippen molar-refractivity contribution in [3.8, 4) is 34.0 Å². The van der Waals surface area contributed by atoms with E-state index in [1.807, 2.05) is 79.3 Å². The van der Waals surface area contributed by atoms with E-state index in [4.69, 9.17) is 19.4 Å². The van der Waals surface area contributed by atoms with Crippen LogP contribution < -0.4 is 4.90 Å². The van der Waals surface area contributed by atoms with Gasteiger partial charge >= 0.3 is 0 Å². The first-order valence-corrected chi connectivity index (χ1v) is 17.0. The molecule has 0 bridgehead atoms. The number of benzene rings is 5. The number of para-hydroxylation sites is 2. The standard InChI is InChI=1S/C44H30N6O/c1-44(2)33-15-7-8-17-35(33)50(39-38(44)30-23-25-45-26-32(30)37-31-14-6-9-18-36(31)51-40(37)39)43-48-41(28-12-4-3-5-13-28)47-42(49-43)29-21-19-27(20-22-29)34-16-10-11-24-46-34/h3-26H,1-2H3. The molecule has 0 saturated heterocycles. The van der Waals surface area contributed by atoms with Crippen molar-refractivity contribution in [1.82, 2.24) is 24.9 Å². The molecule has 0 N–H and O–H groups in total. The summed E-state index contributed by atoms with van der Waals surface area (Å²) in [5.41, 5.74) is 9.11. The van der Waals surface area contributed by atoms with Gasteiger partial charge in [0.15, 0.2) is 17.2 Å². The molecule has 7 heteroatoms. The van der Waals surface area contributed by atoms with E-state index in [0.717, 1.165) is 77.6 Å². The van der Waals surface area contributed by atoms with E-state index in [0.29, 0.717) is 17.6 Å². The van der Waals surface area contributed by atoms with E-state index in [2.05, 4.69) is 95.4 Å². The predicted octanol–water partition coefficient (Wildman–Crippen LogP) is 10.8. The van der Waals surface area contributed by atoms with Crippen molar-refractivity contribution >= 4 is 50.0 Å². The molecule has 9 aromatic rings. The van der Waals surface area contributed by atoms with Gasteiger partial charge in [0, 0.05) is 56.9 Å². The third-order valence-electron chi connectivity index (χ3n) is 10.0. The SMILES string of the molecule is CC1(C)c2ccccc2N(c2nc(-c3ccccc3)nc(-c3ccc(-c4ccccn4)cc3)n2)c2c1c1ccncc1c1c2oc2ccccc21. The molecule has 0 saturated carbocycles. The third-order valence-corrected chi connectivity index (χ3v) is 10.0. The van der Waals surface area contributed by atoms with Crippen molar-refractivity contribution in [3.63, 3.8) is 0 Å². The number of furan rings is 1. The second-order valence-corrected chi connectivity index (χ2v) is 13.4. The van der Waals surface area contributed by atoms with Crippen molar-refractivity contribution in [2.24, 2.45) is 0 Å². The Kier molecular flexibility index (Phi) is 6.39. The summed E-state index contributed by atoms with van der Waals surface area (Å²) in [4.78, 5) is 26.9. The molecule has 1 aliphatic rings. The Morgan fingerprint density at radius 3 is 2.10 bits per heavy atom. The number of fused-ring (bicyclic) bond motifs is 9. The van der Waals surface area contributed by atoms with E-state index < -0.39 is 5.41 Å². The molecule has 51 heavy (non-hydrogen) atoms. The lowest BCUT2D eigenvalue weighted by molar-refractivity contribution is 0.627. The average molecular weight is 659 g/mol. The average Bonchev–Trinajstić information content (AvgIpc) is 3.59. The summed E-state index contributed by atoms with van der Waals surface area (Å²) in [5.74, 6) is 1.66. The molecular weight excluding hydrogens is 629 g/mol. The van der Waals surface area contributed by atoms with Crippen LogP contribution in [0.5, 0.6) is 0 Å². The summed E-state index contributed by atoms with van der Waals surface area (Å²) in [6.07, 6.45) is 5.65. The molecule has 0 atom stereocenters. The predicted molar refractivity (Wildman–Crippen MR) is 203 cm³/mol. The van der Waals surface area contributed by atoms with Crippen LogP contribution in [-0.2, 0) is 5.41 Å². The second-order valence-electron chi connectivity index (χ2n) is 13.4. The summed E-state index contributed by atoms with van der Waals surface area (Å²) in [5, 5.41) is 4.23. The molecule has 242 valence electrons. The van der Waals surface area contributed by atoms with Gasteiger partial charge in [-0.2, -0.15) is 9.97 Å². The van der Waals surface area contributed by atoms with Gasteiger partial charge < -0.3 is 4.42 Å². The molecule has 7 nitrogen and oxygen atoms in total. The monoisotopic (exact) mass is 658 g/mol. The van der Waals surface area contributed by atoms with Gasteiger partial charge in [-0.15, -0.1) is 0 Å². The Morgan fingerprint density at radius 2 is 1.29 bits per heavy atom. The smallest absolute Gasteiger partial charge is 0.238 e. The number of nitrogens with zero attached hydrogens (tertiary/aromatic N) is 6. The van der Waals surface area contributed by atoms with Crippen molar-refractivity contribution in [2.45, 2.75) is 19.3 Å². The Morgan fingerprint density at radius 1 is 0.588 bits per heavy atom. The second kappa shape index (κ2) is 11.1. The number of anilines is 3. The van der Waals surface area contributed by atoms with Gasteiger partial charge in [0.05, 0.1) is 17.1 Å². The Hall–Kier alpha value is -6.73. The lowest BCUT2D eigenvalue weighted by Gasteiger charge is -2.41. The zero-order chi connectivity index (χ0) is 34.1. The van der Waals surface area contributed by atoms with Crippen LogP contribution in [0.25, 0.3) is 66.7 Å². The molecule has 5 heterocycles. The highest BCUT2D eigenvalue weighted by Gasteiger charge is 2.42. The van der Waals surface area contributed by atoms with Gasteiger partial charge in [0.25, 0.3) is 0 Å². The molecule has 4 aromatic heterocycles. The van der Waals surface area contributed by atoms with Crippen LogP contribution in [0.4, 0.5) is 17.3 Å². The van der Waals surface area contributed by atoms with Crippen LogP contribution >= 0.6 is 0 Å². The molecule has 0 amide bonds. The maximum absolute atomic E-state index is 6.86. The first-order chi connectivity index (χ1) is 25.1. The van der Waals surface area contributed by atoms with Gasteiger partial charge in [0.2, 0.25) is 5.95 Å². The molecule has 0 radical (unpaired) electrons. The highest BCUT2D eigenvalue weighted by atomic mass is 16.3. The van der Waals surface area contributed by atoms with Crippen LogP contribution in [0.15, 0.2) is 150 Å². The quantitative estimate of drug-likeness (QED) is 0.186. The maximum atomic E-state index is 6.86. The maximum Gasteiger partial charge on any atom is 0.238 e. The molecule has 5 aromatic carbocycles. The van der Waals surface area contributed by atoms with E-state index in [-0.39, 0.29) is 0 Å². The topological polar surface area (TPSA) is 80.8 Å². The fourth-order valence-electron chi connectivity index (χ4n) is 7.67. The van der Waals surface area contributed by atoms with Crippen molar-refractivity contribution in [2.75, 3.05) is 4.90 Å². The van der Waals surface area contributed by atoms with Crippen molar-refractivity contribution in [1.29, 1.82) is 0 Å². The minimum Gasteiger partial charge on any atom is -0.454 e. The van der Waals surface area contributed by atoms with E-state index in [1.165, 1.54) is 0 Å². The lowest BCUT2D eigenvalue weighted by atomic mass is 9.71. The zero-order valence-electron chi connectivity index (χ0n) is 27.9. The van der Waals surface area contributed by atoms with Crippen LogP contribution in [0.1, 0.15) is 25.0 Å². The summed E-state index contributed by atoms with van der Waals surface area (Å²) in [7, 11) is 0. The highest BCUT2D eigenvalue weighted by molar-refractivity contribution is 6.24. The zero-order valence-corrected chi connectivity index (χ0v) is 27.9. The molecule has 0 fully saturated rings. The summed E-state index contributed by atoms with van der Waals surface area (Å²) < 4.78 is 6.86. The first-order valence-electron chi connectivity index (χ1n) is 17.0. The lowest BCUT2D eigenvalue weighted by Crippen LogP contribution is -2.32. The van der Waals surface area contributed by atoms with E-state index >= 15 is 0 Å². The minimum atomic E-state index is -0.394. The van der Waals surface area contributed by atoms with Crippen molar-refractivity contribution in [3.05, 3.63) is 157 Å². The number of hydrogen-bond acceptors (Lipinski definition) is 7. The fraction of sp³-hybridized carbons (Fsp3) is 0.0682. The largest absolute Gasteiger partial charge is 0.454 e. The Balaban J connectivity index is 1.29. The minimum absolute atomic E-state index is 0.394. The van der Waals surface area contributed by atoms with E-state index in [1.54, 1.807) is 0 Å². The molecule has 0 aliphatic carbocycles. The van der Waals surface area contributed by atoms with Gasteiger partial charge in [-0.05, 0) is 46.8 Å². The number of aromatic nitrogens is 5. The highest BCUT2D eigenvalue weighted by Crippen LogP contribution is 2.57. The molecule has 0 spiro atoms. The Bertz CT molecular complexity index is 2780. The van der Waals surface area contributed by atoms with Crippen LogP contribution in [0.3, 0.4) is 0 Å². The van der Waals surface area contributed by atoms with Crippen LogP contribution in [0, 0.1) is 0 Å².